The normalized spacial score (nSPS) is 18.5. The van der Waals surface area contributed by atoms with Crippen LogP contribution in [0, 0.1) is 5.41 Å². The molecule has 6 heteroatoms. The van der Waals surface area contributed by atoms with E-state index in [9.17, 15) is 0 Å². The number of H-pyrrole nitrogens is 1. The summed E-state index contributed by atoms with van der Waals surface area (Å²) in [4.78, 5) is 15.8. The molecular formula is C12H15BrN4S. The molecule has 2 heterocycles. The first-order chi connectivity index (χ1) is 8.83. The number of fused-ring (bicyclic) bond motifs is 1. The second kappa shape index (κ2) is 5.17. The van der Waals surface area contributed by atoms with Crippen molar-refractivity contribution >= 4 is 38.9 Å². The van der Waals surface area contributed by atoms with Gasteiger partial charge in [-0.1, -0.05) is 28.8 Å². The Labute approximate surface area is 119 Å². The maximum atomic E-state index is 4.37. The minimum Gasteiger partial charge on any atom is -0.341 e. The zero-order chi connectivity index (χ0) is 12.4. The molecule has 0 saturated heterocycles. The van der Waals surface area contributed by atoms with Gasteiger partial charge in [0.2, 0.25) is 0 Å². The standard InChI is InChI=1S/C12H15BrN4S/c13-5-12(3-1-2-4-12)6-18-11-9-10(15-7-14-9)16-8-17-11/h7-8H,1-6H2,(H,14,15,16,17). The number of hydrogen-bond donors (Lipinski definition) is 1. The minimum absolute atomic E-state index is 0.446. The summed E-state index contributed by atoms with van der Waals surface area (Å²) in [7, 11) is 0. The summed E-state index contributed by atoms with van der Waals surface area (Å²) < 4.78 is 0. The highest BCUT2D eigenvalue weighted by atomic mass is 79.9. The van der Waals surface area contributed by atoms with Crippen molar-refractivity contribution in [3.8, 4) is 0 Å². The number of imidazole rings is 1. The highest BCUT2D eigenvalue weighted by Crippen LogP contribution is 2.43. The largest absolute Gasteiger partial charge is 0.341 e. The van der Waals surface area contributed by atoms with Gasteiger partial charge in [0.1, 0.15) is 16.9 Å². The first-order valence-corrected chi connectivity index (χ1v) is 8.27. The summed E-state index contributed by atoms with van der Waals surface area (Å²) in [6.07, 6.45) is 8.63. The van der Waals surface area contributed by atoms with Gasteiger partial charge in [0, 0.05) is 11.1 Å². The number of alkyl halides is 1. The van der Waals surface area contributed by atoms with E-state index in [2.05, 4.69) is 35.9 Å². The summed E-state index contributed by atoms with van der Waals surface area (Å²) in [6.45, 7) is 0. The molecule has 2 aromatic heterocycles. The average molecular weight is 327 g/mol. The highest BCUT2D eigenvalue weighted by molar-refractivity contribution is 9.09. The topological polar surface area (TPSA) is 54.5 Å². The summed E-state index contributed by atoms with van der Waals surface area (Å²) in [5, 5.41) is 2.11. The molecule has 0 aromatic carbocycles. The zero-order valence-electron chi connectivity index (χ0n) is 10.0. The molecule has 3 rings (SSSR count). The quantitative estimate of drug-likeness (QED) is 0.531. The lowest BCUT2D eigenvalue weighted by Gasteiger charge is -2.25. The Hall–Kier alpha value is -0.620. The maximum absolute atomic E-state index is 4.37. The van der Waals surface area contributed by atoms with Crippen molar-refractivity contribution in [1.82, 2.24) is 19.9 Å². The van der Waals surface area contributed by atoms with E-state index >= 15 is 0 Å². The second-order valence-electron chi connectivity index (χ2n) is 4.91. The van der Waals surface area contributed by atoms with Crippen LogP contribution in [-0.4, -0.2) is 31.0 Å². The van der Waals surface area contributed by atoms with Crippen molar-refractivity contribution < 1.29 is 0 Å². The van der Waals surface area contributed by atoms with Gasteiger partial charge in [-0.05, 0) is 18.3 Å². The minimum atomic E-state index is 0.446. The average Bonchev–Trinajstić information content (AvgIpc) is 3.06. The predicted octanol–water partition coefficient (Wildman–Crippen LogP) is 3.40. The van der Waals surface area contributed by atoms with Gasteiger partial charge in [-0.15, -0.1) is 11.8 Å². The van der Waals surface area contributed by atoms with Crippen LogP contribution in [0.5, 0.6) is 0 Å². The third-order valence-electron chi connectivity index (χ3n) is 3.65. The van der Waals surface area contributed by atoms with Crippen LogP contribution in [0.2, 0.25) is 0 Å². The number of nitrogens with one attached hydrogen (secondary N) is 1. The monoisotopic (exact) mass is 326 g/mol. The van der Waals surface area contributed by atoms with Crippen LogP contribution in [-0.2, 0) is 0 Å². The van der Waals surface area contributed by atoms with Crippen LogP contribution < -0.4 is 0 Å². The molecule has 0 amide bonds. The molecule has 0 unspecified atom stereocenters. The van der Waals surface area contributed by atoms with Crippen LogP contribution in [0.4, 0.5) is 0 Å². The van der Waals surface area contributed by atoms with E-state index < -0.39 is 0 Å². The lowest BCUT2D eigenvalue weighted by Crippen LogP contribution is -2.21. The lowest BCUT2D eigenvalue weighted by molar-refractivity contribution is 0.405. The Balaban J connectivity index is 1.78. The summed E-state index contributed by atoms with van der Waals surface area (Å²) in [5.41, 5.74) is 2.17. The molecule has 0 atom stereocenters. The third kappa shape index (κ3) is 2.28. The molecule has 1 N–H and O–H groups in total. The molecule has 0 aliphatic heterocycles. The second-order valence-corrected chi connectivity index (χ2v) is 6.43. The highest BCUT2D eigenvalue weighted by Gasteiger charge is 2.33. The van der Waals surface area contributed by atoms with Gasteiger partial charge in [0.15, 0.2) is 5.65 Å². The molecule has 1 fully saturated rings. The summed E-state index contributed by atoms with van der Waals surface area (Å²) >= 11 is 5.51. The van der Waals surface area contributed by atoms with E-state index in [0.29, 0.717) is 5.41 Å². The number of hydrogen-bond acceptors (Lipinski definition) is 4. The van der Waals surface area contributed by atoms with Crippen molar-refractivity contribution in [2.24, 2.45) is 5.41 Å². The van der Waals surface area contributed by atoms with Crippen LogP contribution in [0.1, 0.15) is 25.7 Å². The van der Waals surface area contributed by atoms with Crippen molar-refractivity contribution in [1.29, 1.82) is 0 Å². The number of nitrogens with zero attached hydrogens (tertiary/aromatic N) is 3. The molecule has 1 saturated carbocycles. The maximum Gasteiger partial charge on any atom is 0.181 e. The molecule has 1 aliphatic rings. The molecular weight excluding hydrogens is 312 g/mol. The van der Waals surface area contributed by atoms with Crippen molar-refractivity contribution in [2.45, 2.75) is 30.7 Å². The number of thioether (sulfide) groups is 1. The summed E-state index contributed by atoms with van der Waals surface area (Å²) in [6, 6.07) is 0. The Morgan fingerprint density at radius 2 is 2.11 bits per heavy atom. The molecule has 96 valence electrons. The number of rotatable bonds is 4. The van der Waals surface area contributed by atoms with Gasteiger partial charge >= 0.3 is 0 Å². The third-order valence-corrected chi connectivity index (χ3v) is 6.18. The van der Waals surface area contributed by atoms with Crippen molar-refractivity contribution in [2.75, 3.05) is 11.1 Å². The van der Waals surface area contributed by atoms with Gasteiger partial charge in [-0.3, -0.25) is 0 Å². The van der Waals surface area contributed by atoms with Crippen LogP contribution in [0.3, 0.4) is 0 Å². The Morgan fingerprint density at radius 3 is 2.89 bits per heavy atom. The van der Waals surface area contributed by atoms with Gasteiger partial charge in [0.05, 0.1) is 6.33 Å². The smallest absolute Gasteiger partial charge is 0.181 e. The van der Waals surface area contributed by atoms with Gasteiger partial charge < -0.3 is 4.98 Å². The molecule has 0 spiro atoms. The van der Waals surface area contributed by atoms with Crippen LogP contribution in [0.25, 0.3) is 11.2 Å². The first-order valence-electron chi connectivity index (χ1n) is 6.16. The Bertz CT molecular complexity index is 536. The number of halogens is 1. The summed E-state index contributed by atoms with van der Waals surface area (Å²) in [5.74, 6) is 1.11. The first kappa shape index (κ1) is 12.4. The van der Waals surface area contributed by atoms with Gasteiger partial charge in [-0.25, -0.2) is 15.0 Å². The Morgan fingerprint density at radius 1 is 1.28 bits per heavy atom. The van der Waals surface area contributed by atoms with Crippen LogP contribution >= 0.6 is 27.7 Å². The SMILES string of the molecule is BrCC1(CSc2ncnc3nc[nH]c23)CCCC1. The molecule has 0 bridgehead atoms. The molecule has 4 nitrogen and oxygen atoms in total. The van der Waals surface area contributed by atoms with Crippen LogP contribution in [0.15, 0.2) is 17.7 Å². The van der Waals surface area contributed by atoms with Crippen molar-refractivity contribution in [3.63, 3.8) is 0 Å². The van der Waals surface area contributed by atoms with E-state index in [-0.39, 0.29) is 0 Å². The van der Waals surface area contributed by atoms with Gasteiger partial charge in [0.25, 0.3) is 0 Å². The van der Waals surface area contributed by atoms with E-state index in [1.807, 2.05) is 11.8 Å². The molecule has 0 radical (unpaired) electrons. The Kier molecular flexibility index (Phi) is 3.56. The fraction of sp³-hybridized carbons (Fsp3) is 0.583. The zero-order valence-corrected chi connectivity index (χ0v) is 12.4. The van der Waals surface area contributed by atoms with E-state index in [1.165, 1.54) is 25.7 Å². The number of aromatic nitrogens is 4. The number of aromatic amines is 1. The fourth-order valence-electron chi connectivity index (χ4n) is 2.52. The lowest BCUT2D eigenvalue weighted by atomic mass is 9.92. The van der Waals surface area contributed by atoms with Crippen molar-refractivity contribution in [3.05, 3.63) is 12.7 Å². The molecule has 1 aliphatic carbocycles. The molecule has 2 aromatic rings. The fourth-order valence-corrected chi connectivity index (χ4v) is 4.79. The van der Waals surface area contributed by atoms with E-state index in [4.69, 9.17) is 0 Å². The molecule has 18 heavy (non-hydrogen) atoms. The van der Waals surface area contributed by atoms with E-state index in [1.54, 1.807) is 12.7 Å². The van der Waals surface area contributed by atoms with Gasteiger partial charge in [-0.2, -0.15) is 0 Å². The predicted molar refractivity (Wildman–Crippen MR) is 77.1 cm³/mol. The van der Waals surface area contributed by atoms with E-state index in [0.717, 1.165) is 27.3 Å².